The second kappa shape index (κ2) is 10.5. The van der Waals surface area contributed by atoms with E-state index in [0.717, 1.165) is 51.7 Å². The summed E-state index contributed by atoms with van der Waals surface area (Å²) in [4.78, 5) is 32.0. The van der Waals surface area contributed by atoms with E-state index in [-0.39, 0.29) is 11.8 Å². The molecule has 5 nitrogen and oxygen atoms in total. The van der Waals surface area contributed by atoms with Crippen LogP contribution in [-0.4, -0.2) is 40.0 Å². The third-order valence-electron chi connectivity index (χ3n) is 5.05. The summed E-state index contributed by atoms with van der Waals surface area (Å²) in [5, 5.41) is 3.01. The van der Waals surface area contributed by atoms with Crippen molar-refractivity contribution in [2.24, 2.45) is 5.41 Å². The second-order valence-corrected chi connectivity index (χ2v) is 11.1. The molecule has 2 aromatic rings. The Morgan fingerprint density at radius 1 is 1.29 bits per heavy atom. The van der Waals surface area contributed by atoms with Crippen LogP contribution >= 0.6 is 23.1 Å². The number of thiazole rings is 1. The first-order valence-electron chi connectivity index (χ1n) is 10.9. The van der Waals surface area contributed by atoms with E-state index in [9.17, 15) is 9.59 Å². The van der Waals surface area contributed by atoms with Crippen LogP contribution in [0.2, 0.25) is 0 Å². The van der Waals surface area contributed by atoms with E-state index in [1.165, 1.54) is 0 Å². The van der Waals surface area contributed by atoms with Crippen LogP contribution in [0.1, 0.15) is 59.8 Å². The number of thioether (sulfide) groups is 1. The Kier molecular flexibility index (Phi) is 8.01. The number of unbranched alkanes of at least 4 members (excludes halogenated alkanes) is 1. The van der Waals surface area contributed by atoms with Crippen LogP contribution < -0.4 is 5.32 Å². The molecule has 3 rings (SSSR count). The highest BCUT2D eigenvalue weighted by Crippen LogP contribution is 2.32. The minimum absolute atomic E-state index is 0.0316. The van der Waals surface area contributed by atoms with Gasteiger partial charge in [0.05, 0.1) is 10.2 Å². The number of benzene rings is 1. The number of nitrogens with one attached hydrogen (secondary N) is 1. The van der Waals surface area contributed by atoms with E-state index in [4.69, 9.17) is 0 Å². The van der Waals surface area contributed by atoms with Crippen LogP contribution in [0.5, 0.6) is 0 Å². The summed E-state index contributed by atoms with van der Waals surface area (Å²) in [7, 11) is 0. The zero-order valence-electron chi connectivity index (χ0n) is 18.8. The highest BCUT2D eigenvalue weighted by molar-refractivity contribution is 8.01. The Balaban J connectivity index is 1.62. The predicted octanol–water partition coefficient (Wildman–Crippen LogP) is 5.56. The molecule has 1 aliphatic heterocycles. The number of fused-ring (bicyclic) bond motifs is 1. The first-order valence-corrected chi connectivity index (χ1v) is 12.7. The van der Waals surface area contributed by atoms with Crippen molar-refractivity contribution in [3.63, 3.8) is 0 Å². The maximum Gasteiger partial charge on any atom is 0.247 e. The number of likely N-dealkylation sites (tertiary alicyclic amines) is 1. The standard InChI is InChI=1S/C24H31N3O2S2/c1-5-6-7-8-9-15-30-23-26-18-13-12-17(16-20(18)31-23)25-21(28)19-11-10-14-27(19)22(29)24(2,3)4/h12-13,16,19H,5-6,9-11,14-15H2,1-4H3,(H,25,28). The number of hydrogen-bond acceptors (Lipinski definition) is 5. The number of nitrogens with zero attached hydrogens (tertiary/aromatic N) is 2. The third kappa shape index (κ3) is 6.24. The van der Waals surface area contributed by atoms with Gasteiger partial charge in [0, 0.05) is 36.2 Å². The highest BCUT2D eigenvalue weighted by atomic mass is 32.2. The summed E-state index contributed by atoms with van der Waals surface area (Å²) in [5.41, 5.74) is 1.20. The van der Waals surface area contributed by atoms with Crippen LogP contribution in [0.3, 0.4) is 0 Å². The molecule has 1 aromatic heterocycles. The first-order chi connectivity index (χ1) is 14.8. The molecule has 1 aromatic carbocycles. The molecule has 0 bridgehead atoms. The Labute approximate surface area is 193 Å². The van der Waals surface area contributed by atoms with Gasteiger partial charge in [0.1, 0.15) is 6.04 Å². The minimum atomic E-state index is -0.486. The van der Waals surface area contributed by atoms with Gasteiger partial charge in [0.25, 0.3) is 0 Å². The maximum atomic E-state index is 12.9. The molecule has 0 spiro atoms. The van der Waals surface area contributed by atoms with Crippen molar-refractivity contribution in [2.75, 3.05) is 17.6 Å². The summed E-state index contributed by atoms with van der Waals surface area (Å²) >= 11 is 3.36. The third-order valence-corrected chi connectivity index (χ3v) is 7.21. The van der Waals surface area contributed by atoms with Crippen molar-refractivity contribution in [1.29, 1.82) is 0 Å². The molecule has 1 aliphatic rings. The van der Waals surface area contributed by atoms with E-state index in [1.807, 2.05) is 39.0 Å². The lowest BCUT2D eigenvalue weighted by atomic mass is 9.94. The van der Waals surface area contributed by atoms with Crippen molar-refractivity contribution < 1.29 is 9.59 Å². The lowest BCUT2D eigenvalue weighted by Gasteiger charge is -2.30. The predicted molar refractivity (Wildman–Crippen MR) is 130 cm³/mol. The first kappa shape index (κ1) is 23.6. The highest BCUT2D eigenvalue weighted by Gasteiger charge is 2.38. The van der Waals surface area contributed by atoms with Gasteiger partial charge in [-0.25, -0.2) is 4.98 Å². The number of aromatic nitrogens is 1. The van der Waals surface area contributed by atoms with Crippen molar-refractivity contribution in [3.05, 3.63) is 18.2 Å². The Morgan fingerprint density at radius 3 is 2.81 bits per heavy atom. The van der Waals surface area contributed by atoms with Crippen molar-refractivity contribution in [3.8, 4) is 11.8 Å². The topological polar surface area (TPSA) is 62.3 Å². The SMILES string of the molecule is CCCC#CCCSc1nc2ccc(NC(=O)C3CCCN3C(=O)C(C)(C)C)cc2s1. The molecule has 7 heteroatoms. The summed E-state index contributed by atoms with van der Waals surface area (Å²) in [6.45, 7) is 8.47. The normalized spacial score (nSPS) is 16.3. The number of hydrogen-bond donors (Lipinski definition) is 1. The molecule has 2 amide bonds. The number of rotatable bonds is 6. The van der Waals surface area contributed by atoms with Gasteiger partial charge in [-0.2, -0.15) is 0 Å². The van der Waals surface area contributed by atoms with Crippen molar-refractivity contribution in [2.45, 2.75) is 70.2 Å². The number of carbonyl (C=O) groups is 2. The fourth-order valence-electron chi connectivity index (χ4n) is 3.47. The second-order valence-electron chi connectivity index (χ2n) is 8.76. The Bertz CT molecular complexity index is 998. The molecular formula is C24H31N3O2S2. The monoisotopic (exact) mass is 457 g/mol. The van der Waals surface area contributed by atoms with Gasteiger partial charge >= 0.3 is 0 Å². The van der Waals surface area contributed by atoms with Crippen molar-refractivity contribution in [1.82, 2.24) is 9.88 Å². The van der Waals surface area contributed by atoms with Crippen LogP contribution in [0, 0.1) is 17.3 Å². The zero-order valence-corrected chi connectivity index (χ0v) is 20.4. The van der Waals surface area contributed by atoms with Crippen LogP contribution in [0.25, 0.3) is 10.2 Å². The molecule has 1 N–H and O–H groups in total. The molecule has 166 valence electrons. The van der Waals surface area contributed by atoms with E-state index >= 15 is 0 Å². The minimum Gasteiger partial charge on any atom is -0.330 e. The lowest BCUT2D eigenvalue weighted by Crippen LogP contribution is -2.47. The summed E-state index contributed by atoms with van der Waals surface area (Å²) in [5.74, 6) is 7.22. The summed E-state index contributed by atoms with van der Waals surface area (Å²) in [6.07, 6.45) is 4.49. The van der Waals surface area contributed by atoms with Gasteiger partial charge in [0.2, 0.25) is 11.8 Å². The summed E-state index contributed by atoms with van der Waals surface area (Å²) in [6, 6.07) is 5.40. The van der Waals surface area contributed by atoms with Crippen LogP contribution in [0.4, 0.5) is 5.69 Å². The van der Waals surface area contributed by atoms with E-state index < -0.39 is 11.5 Å². The number of amides is 2. The molecule has 0 saturated carbocycles. The molecule has 1 unspecified atom stereocenters. The molecule has 0 aliphatic carbocycles. The molecule has 31 heavy (non-hydrogen) atoms. The molecule has 1 fully saturated rings. The van der Waals surface area contributed by atoms with Gasteiger partial charge in [0.15, 0.2) is 4.34 Å². The van der Waals surface area contributed by atoms with Gasteiger partial charge in [-0.1, -0.05) is 39.5 Å². The van der Waals surface area contributed by atoms with Gasteiger partial charge < -0.3 is 10.2 Å². The maximum absolute atomic E-state index is 12.9. The average Bonchev–Trinajstić information content (AvgIpc) is 3.35. The molecule has 2 heterocycles. The van der Waals surface area contributed by atoms with Crippen LogP contribution in [-0.2, 0) is 9.59 Å². The molecular weight excluding hydrogens is 426 g/mol. The van der Waals surface area contributed by atoms with E-state index in [2.05, 4.69) is 29.1 Å². The quantitative estimate of drug-likeness (QED) is 0.351. The fraction of sp³-hybridized carbons (Fsp3) is 0.542. The molecule has 1 saturated heterocycles. The van der Waals surface area contributed by atoms with Gasteiger partial charge in [-0.15, -0.1) is 23.2 Å². The van der Waals surface area contributed by atoms with Crippen LogP contribution in [0.15, 0.2) is 22.5 Å². The van der Waals surface area contributed by atoms with E-state index in [0.29, 0.717) is 13.0 Å². The molecule has 1 atom stereocenters. The average molecular weight is 458 g/mol. The zero-order chi connectivity index (χ0) is 22.4. The lowest BCUT2D eigenvalue weighted by molar-refractivity contribution is -0.143. The largest absolute Gasteiger partial charge is 0.330 e. The summed E-state index contributed by atoms with van der Waals surface area (Å²) < 4.78 is 2.07. The smallest absolute Gasteiger partial charge is 0.247 e. The number of carbonyl (C=O) groups excluding carboxylic acids is 2. The van der Waals surface area contributed by atoms with E-state index in [1.54, 1.807) is 28.0 Å². The fourth-order valence-corrected chi connectivity index (χ4v) is 5.51. The molecule has 0 radical (unpaired) electrons. The van der Waals surface area contributed by atoms with Gasteiger partial charge in [-0.3, -0.25) is 9.59 Å². The van der Waals surface area contributed by atoms with Gasteiger partial charge in [-0.05, 0) is 37.5 Å². The van der Waals surface area contributed by atoms with Crippen molar-refractivity contribution >= 4 is 50.8 Å². The number of anilines is 1. The Hall–Kier alpha value is -2.04. The Morgan fingerprint density at radius 2 is 2.06 bits per heavy atom.